The predicted molar refractivity (Wildman–Crippen MR) is 117 cm³/mol. The van der Waals surface area contributed by atoms with E-state index in [1.54, 1.807) is 39.0 Å². The average molecular weight is 467 g/mol. The molecule has 0 aromatic heterocycles. The zero-order chi connectivity index (χ0) is 24.3. The van der Waals surface area contributed by atoms with Crippen molar-refractivity contribution in [2.45, 2.75) is 39.5 Å². The lowest BCUT2D eigenvalue weighted by molar-refractivity contribution is -0.156. The zero-order valence-electron chi connectivity index (χ0n) is 18.8. The van der Waals surface area contributed by atoms with Crippen LogP contribution in [0.25, 0.3) is 5.70 Å². The molecule has 0 saturated heterocycles. The van der Waals surface area contributed by atoms with Crippen LogP contribution in [0.4, 0.5) is 13.2 Å². The first-order valence-electron chi connectivity index (χ1n) is 10.6. The van der Waals surface area contributed by atoms with Gasteiger partial charge < -0.3 is 14.2 Å². The van der Waals surface area contributed by atoms with E-state index in [9.17, 15) is 18.0 Å². The van der Waals surface area contributed by atoms with E-state index in [-0.39, 0.29) is 6.61 Å². The molecule has 0 bridgehead atoms. The van der Waals surface area contributed by atoms with Gasteiger partial charge in [-0.3, -0.25) is 10.3 Å². The average Bonchev–Trinajstić information content (AvgIpc) is 2.79. The fourth-order valence-electron chi connectivity index (χ4n) is 2.87. The first-order valence-corrected chi connectivity index (χ1v) is 10.6. The Morgan fingerprint density at radius 3 is 2.36 bits per heavy atom. The molecule has 0 aliphatic heterocycles. The van der Waals surface area contributed by atoms with Crippen LogP contribution in [0.15, 0.2) is 54.8 Å². The Morgan fingerprint density at radius 1 is 1.03 bits per heavy atom. The van der Waals surface area contributed by atoms with Crippen LogP contribution in [0.2, 0.25) is 0 Å². The number of carbonyl (C=O) groups excluding carboxylic acids is 1. The summed E-state index contributed by atoms with van der Waals surface area (Å²) in [5, 5.41) is 0. The fourth-order valence-corrected chi connectivity index (χ4v) is 2.87. The lowest BCUT2D eigenvalue weighted by Crippen LogP contribution is -2.29. The second-order valence-electron chi connectivity index (χ2n) is 6.81. The van der Waals surface area contributed by atoms with Gasteiger partial charge in [-0.2, -0.15) is 13.2 Å². The second-order valence-corrected chi connectivity index (χ2v) is 6.81. The second kappa shape index (κ2) is 12.9. The van der Waals surface area contributed by atoms with E-state index in [2.05, 4.69) is 5.48 Å². The Bertz CT molecular complexity index is 913. The van der Waals surface area contributed by atoms with Crippen molar-refractivity contribution >= 4 is 11.7 Å². The van der Waals surface area contributed by atoms with Crippen LogP contribution in [0.1, 0.15) is 37.5 Å². The lowest BCUT2D eigenvalue weighted by atomic mass is 10.1. The number of rotatable bonds is 12. The summed E-state index contributed by atoms with van der Waals surface area (Å²) in [4.78, 5) is 17.3. The van der Waals surface area contributed by atoms with E-state index >= 15 is 0 Å². The highest BCUT2D eigenvalue weighted by atomic mass is 19.4. The topological polar surface area (TPSA) is 66.0 Å². The van der Waals surface area contributed by atoms with E-state index < -0.39 is 23.8 Å². The number of benzene rings is 2. The van der Waals surface area contributed by atoms with Crippen molar-refractivity contribution in [1.29, 1.82) is 0 Å². The minimum atomic E-state index is -4.42. The summed E-state index contributed by atoms with van der Waals surface area (Å²) in [6, 6.07) is 11.7. The van der Waals surface area contributed by atoms with Crippen LogP contribution < -0.4 is 10.2 Å². The first kappa shape index (κ1) is 26.2. The van der Waals surface area contributed by atoms with Crippen LogP contribution in [0.3, 0.4) is 0 Å². The normalized spacial score (nSPS) is 12.8. The van der Waals surface area contributed by atoms with Crippen molar-refractivity contribution in [2.75, 3.05) is 19.8 Å². The summed E-state index contributed by atoms with van der Waals surface area (Å²) in [5.74, 6) is 0.0328. The molecular formula is C24H28F3NO5. The Labute approximate surface area is 191 Å². The molecule has 2 rings (SSSR count). The maximum absolute atomic E-state index is 12.8. The number of hydrogen-bond donors (Lipinski definition) is 1. The molecule has 0 fully saturated rings. The number of hydroxylamine groups is 1. The van der Waals surface area contributed by atoms with Gasteiger partial charge in [-0.05, 0) is 50.6 Å². The highest BCUT2D eigenvalue weighted by Crippen LogP contribution is 2.30. The molecule has 0 heterocycles. The van der Waals surface area contributed by atoms with E-state index in [0.717, 1.165) is 17.7 Å². The number of esters is 1. The van der Waals surface area contributed by atoms with Crippen molar-refractivity contribution < 1.29 is 37.0 Å². The van der Waals surface area contributed by atoms with Crippen molar-refractivity contribution in [3.05, 3.63) is 71.5 Å². The fraction of sp³-hybridized carbons (Fsp3) is 0.375. The van der Waals surface area contributed by atoms with Gasteiger partial charge in [-0.15, -0.1) is 0 Å². The Kier molecular flexibility index (Phi) is 10.2. The van der Waals surface area contributed by atoms with E-state index in [1.165, 1.54) is 18.4 Å². The number of nitrogens with one attached hydrogen (secondary N) is 1. The van der Waals surface area contributed by atoms with Crippen LogP contribution in [-0.4, -0.2) is 31.9 Å². The molecule has 2 aromatic rings. The molecule has 0 spiro atoms. The minimum absolute atomic E-state index is 0.260. The molecule has 0 amide bonds. The van der Waals surface area contributed by atoms with Gasteiger partial charge in [0.15, 0.2) is 6.10 Å². The van der Waals surface area contributed by atoms with Gasteiger partial charge in [-0.25, -0.2) is 4.79 Å². The highest BCUT2D eigenvalue weighted by molar-refractivity contribution is 5.75. The molecule has 180 valence electrons. The van der Waals surface area contributed by atoms with Crippen molar-refractivity contribution in [3.63, 3.8) is 0 Å². The van der Waals surface area contributed by atoms with Gasteiger partial charge >= 0.3 is 12.1 Å². The molecule has 9 heteroatoms. The standard InChI is InChI=1S/C24H28F3NO5/c1-4-30-22(23(29)31-5-2)15-17-8-7-9-20(14-17)32-16-21(28-33-6-3)18-10-12-19(13-11-18)24(25,26)27/h7-14,16,22,28H,4-6,15H2,1-3H3. The molecular weight excluding hydrogens is 439 g/mol. The smallest absolute Gasteiger partial charge is 0.416 e. The molecule has 33 heavy (non-hydrogen) atoms. The van der Waals surface area contributed by atoms with Crippen LogP contribution in [-0.2, 0) is 31.7 Å². The number of hydrogen-bond acceptors (Lipinski definition) is 6. The number of halogens is 3. The lowest BCUT2D eigenvalue weighted by Gasteiger charge is -2.16. The third kappa shape index (κ3) is 8.43. The van der Waals surface area contributed by atoms with Crippen LogP contribution >= 0.6 is 0 Å². The number of ether oxygens (including phenoxy) is 3. The summed E-state index contributed by atoms with van der Waals surface area (Å²) in [7, 11) is 0. The van der Waals surface area contributed by atoms with Crippen LogP contribution in [0, 0.1) is 0 Å². The van der Waals surface area contributed by atoms with E-state index in [0.29, 0.717) is 36.6 Å². The Balaban J connectivity index is 2.19. The quantitative estimate of drug-likeness (QED) is 0.265. The van der Waals surface area contributed by atoms with Crippen molar-refractivity contribution in [1.82, 2.24) is 5.48 Å². The molecule has 1 N–H and O–H groups in total. The molecule has 2 aromatic carbocycles. The summed E-state index contributed by atoms with van der Waals surface area (Å²) >= 11 is 0. The van der Waals surface area contributed by atoms with Crippen molar-refractivity contribution in [2.24, 2.45) is 0 Å². The largest absolute Gasteiger partial charge is 0.464 e. The number of carbonyl (C=O) groups is 1. The maximum atomic E-state index is 12.8. The molecule has 1 unspecified atom stereocenters. The first-order chi connectivity index (χ1) is 15.8. The Morgan fingerprint density at radius 2 is 1.76 bits per heavy atom. The van der Waals surface area contributed by atoms with Gasteiger partial charge in [0, 0.05) is 18.6 Å². The molecule has 1 atom stereocenters. The van der Waals surface area contributed by atoms with Gasteiger partial charge in [0.05, 0.1) is 18.8 Å². The SMILES string of the molecule is CCONC(=COc1cccc(CC(OCC)C(=O)OCC)c1)c1ccc(C(F)(F)F)cc1. The van der Waals surface area contributed by atoms with Gasteiger partial charge in [0.2, 0.25) is 0 Å². The van der Waals surface area contributed by atoms with Gasteiger partial charge in [0.1, 0.15) is 17.7 Å². The zero-order valence-corrected chi connectivity index (χ0v) is 18.8. The van der Waals surface area contributed by atoms with Gasteiger partial charge in [0.25, 0.3) is 0 Å². The van der Waals surface area contributed by atoms with Crippen LogP contribution in [0.5, 0.6) is 5.75 Å². The highest BCUT2D eigenvalue weighted by Gasteiger charge is 2.30. The molecule has 0 radical (unpaired) electrons. The van der Waals surface area contributed by atoms with E-state index in [4.69, 9.17) is 19.0 Å². The third-order valence-corrected chi connectivity index (χ3v) is 4.40. The summed E-state index contributed by atoms with van der Waals surface area (Å²) in [5.41, 5.74) is 3.52. The minimum Gasteiger partial charge on any atom is -0.464 e. The molecule has 0 aliphatic carbocycles. The molecule has 0 saturated carbocycles. The molecule has 0 aliphatic rings. The number of alkyl halides is 3. The summed E-state index contributed by atoms with van der Waals surface area (Å²) < 4.78 is 54.8. The summed E-state index contributed by atoms with van der Waals surface area (Å²) in [6.45, 7) is 6.25. The molecule has 6 nitrogen and oxygen atoms in total. The summed E-state index contributed by atoms with van der Waals surface area (Å²) in [6.07, 6.45) is -3.50. The predicted octanol–water partition coefficient (Wildman–Crippen LogP) is 5.13. The Hall–Kier alpha value is -3.04. The van der Waals surface area contributed by atoms with Gasteiger partial charge in [-0.1, -0.05) is 24.3 Å². The third-order valence-electron chi connectivity index (χ3n) is 4.40. The van der Waals surface area contributed by atoms with E-state index in [1.807, 2.05) is 6.07 Å². The van der Waals surface area contributed by atoms with Crippen molar-refractivity contribution in [3.8, 4) is 5.75 Å². The maximum Gasteiger partial charge on any atom is 0.416 e. The monoisotopic (exact) mass is 467 g/mol.